The summed E-state index contributed by atoms with van der Waals surface area (Å²) in [6.07, 6.45) is 3.14. The minimum atomic E-state index is -0.427. The number of hydrogen-bond donors (Lipinski definition) is 0. The lowest BCUT2D eigenvalue weighted by atomic mass is 10.0. The molecule has 1 aliphatic carbocycles. The predicted octanol–water partition coefficient (Wildman–Crippen LogP) is 1.45. The molecular formula is C11H16O4. The normalized spacial score (nSPS) is 19.6. The molecule has 0 spiro atoms. The first kappa shape index (κ1) is 11.8. The molecule has 0 N–H and O–H groups in total. The molecule has 0 aromatic carbocycles. The van der Waals surface area contributed by atoms with Gasteiger partial charge in [-0.25, -0.2) is 4.79 Å². The van der Waals surface area contributed by atoms with E-state index in [4.69, 9.17) is 9.47 Å². The van der Waals surface area contributed by atoms with Crippen LogP contribution < -0.4 is 0 Å². The number of carbonyl (C=O) groups is 2. The van der Waals surface area contributed by atoms with E-state index in [1.165, 1.54) is 0 Å². The standard InChI is InChI=1S/C11H16O4/c1-3-14-10(12)8-6-5-7-9(8)11(13)15-4-2/h6,9H,3-5,7H2,1-2H3/t9-/m1/s1. The van der Waals surface area contributed by atoms with Crippen molar-refractivity contribution in [2.75, 3.05) is 13.2 Å². The largest absolute Gasteiger partial charge is 0.466 e. The van der Waals surface area contributed by atoms with Crippen LogP contribution in [-0.4, -0.2) is 25.2 Å². The minimum Gasteiger partial charge on any atom is -0.466 e. The molecule has 4 heteroatoms. The van der Waals surface area contributed by atoms with Crippen molar-refractivity contribution in [3.05, 3.63) is 11.6 Å². The second kappa shape index (κ2) is 5.53. The number of ether oxygens (including phenoxy) is 2. The maximum Gasteiger partial charge on any atom is 0.334 e. The van der Waals surface area contributed by atoms with Gasteiger partial charge in [-0.2, -0.15) is 0 Å². The Morgan fingerprint density at radius 2 is 2.00 bits per heavy atom. The van der Waals surface area contributed by atoms with Gasteiger partial charge in [0.05, 0.1) is 19.1 Å². The van der Waals surface area contributed by atoms with Crippen LogP contribution in [0.2, 0.25) is 0 Å². The molecule has 0 saturated carbocycles. The van der Waals surface area contributed by atoms with Gasteiger partial charge in [0.2, 0.25) is 0 Å². The summed E-state index contributed by atoms with van der Waals surface area (Å²) in [5.74, 6) is -1.15. The highest BCUT2D eigenvalue weighted by Crippen LogP contribution is 2.27. The van der Waals surface area contributed by atoms with Crippen molar-refractivity contribution in [3.8, 4) is 0 Å². The van der Waals surface area contributed by atoms with Crippen LogP contribution >= 0.6 is 0 Å². The number of rotatable bonds is 4. The van der Waals surface area contributed by atoms with Crippen molar-refractivity contribution in [2.45, 2.75) is 26.7 Å². The van der Waals surface area contributed by atoms with Gasteiger partial charge < -0.3 is 9.47 Å². The van der Waals surface area contributed by atoms with Gasteiger partial charge in [-0.1, -0.05) is 6.08 Å². The third kappa shape index (κ3) is 2.81. The van der Waals surface area contributed by atoms with Crippen molar-refractivity contribution < 1.29 is 19.1 Å². The zero-order valence-corrected chi connectivity index (χ0v) is 9.12. The Balaban J connectivity index is 2.63. The molecule has 0 amide bonds. The molecule has 84 valence electrons. The summed E-state index contributed by atoms with van der Waals surface area (Å²) >= 11 is 0. The van der Waals surface area contributed by atoms with E-state index in [0.717, 1.165) is 6.42 Å². The van der Waals surface area contributed by atoms with Crippen molar-refractivity contribution in [2.24, 2.45) is 5.92 Å². The fourth-order valence-electron chi connectivity index (χ4n) is 1.63. The van der Waals surface area contributed by atoms with Gasteiger partial charge in [-0.05, 0) is 26.7 Å². The Hall–Kier alpha value is -1.32. The maximum atomic E-state index is 11.5. The van der Waals surface area contributed by atoms with E-state index in [-0.39, 0.29) is 5.97 Å². The van der Waals surface area contributed by atoms with Crippen molar-refractivity contribution in [1.29, 1.82) is 0 Å². The summed E-state index contributed by atoms with van der Waals surface area (Å²) in [6, 6.07) is 0. The van der Waals surface area contributed by atoms with Gasteiger partial charge in [0.15, 0.2) is 0 Å². The fraction of sp³-hybridized carbons (Fsp3) is 0.636. The first-order valence-electron chi connectivity index (χ1n) is 5.24. The van der Waals surface area contributed by atoms with Crippen LogP contribution in [0.5, 0.6) is 0 Å². The highest BCUT2D eigenvalue weighted by atomic mass is 16.5. The smallest absolute Gasteiger partial charge is 0.334 e. The van der Waals surface area contributed by atoms with Crippen molar-refractivity contribution in [3.63, 3.8) is 0 Å². The second-order valence-corrected chi connectivity index (χ2v) is 3.26. The summed E-state index contributed by atoms with van der Waals surface area (Å²) in [4.78, 5) is 23.0. The topological polar surface area (TPSA) is 52.6 Å². The predicted molar refractivity (Wildman–Crippen MR) is 54.1 cm³/mol. The minimum absolute atomic E-state index is 0.325. The third-order valence-electron chi connectivity index (χ3n) is 2.28. The van der Waals surface area contributed by atoms with Crippen LogP contribution in [0, 0.1) is 5.92 Å². The number of hydrogen-bond acceptors (Lipinski definition) is 4. The monoisotopic (exact) mass is 212 g/mol. The molecule has 0 aliphatic heterocycles. The number of carbonyl (C=O) groups excluding carboxylic acids is 2. The molecular weight excluding hydrogens is 196 g/mol. The molecule has 1 atom stereocenters. The maximum absolute atomic E-state index is 11.5. The van der Waals surface area contributed by atoms with Crippen LogP contribution in [0.15, 0.2) is 11.6 Å². The Morgan fingerprint density at radius 1 is 1.33 bits per heavy atom. The summed E-state index contributed by atoms with van der Waals surface area (Å²) < 4.78 is 9.77. The summed E-state index contributed by atoms with van der Waals surface area (Å²) in [5, 5.41) is 0. The van der Waals surface area contributed by atoms with Crippen LogP contribution in [0.4, 0.5) is 0 Å². The summed E-state index contributed by atoms with van der Waals surface area (Å²) in [6.45, 7) is 4.16. The highest BCUT2D eigenvalue weighted by Gasteiger charge is 2.32. The van der Waals surface area contributed by atoms with Crippen LogP contribution in [-0.2, 0) is 19.1 Å². The van der Waals surface area contributed by atoms with Gasteiger partial charge in [-0.3, -0.25) is 4.79 Å². The fourth-order valence-corrected chi connectivity index (χ4v) is 1.63. The number of allylic oxidation sites excluding steroid dienone is 1. The lowest BCUT2D eigenvalue weighted by Crippen LogP contribution is -2.22. The molecule has 0 bridgehead atoms. The van der Waals surface area contributed by atoms with Gasteiger partial charge in [0, 0.05) is 5.57 Å². The van der Waals surface area contributed by atoms with Crippen molar-refractivity contribution >= 4 is 11.9 Å². The van der Waals surface area contributed by atoms with Crippen LogP contribution in [0.25, 0.3) is 0 Å². The first-order chi connectivity index (χ1) is 7.20. The lowest BCUT2D eigenvalue weighted by Gasteiger charge is -2.12. The highest BCUT2D eigenvalue weighted by molar-refractivity contribution is 5.96. The van der Waals surface area contributed by atoms with E-state index in [2.05, 4.69) is 0 Å². The van der Waals surface area contributed by atoms with Gasteiger partial charge >= 0.3 is 11.9 Å². The molecule has 4 nitrogen and oxygen atoms in total. The Kier molecular flexibility index (Phi) is 4.34. The van der Waals surface area contributed by atoms with Crippen LogP contribution in [0.3, 0.4) is 0 Å². The van der Waals surface area contributed by atoms with Gasteiger partial charge in [0.1, 0.15) is 0 Å². The molecule has 0 saturated heterocycles. The molecule has 0 aromatic heterocycles. The Labute approximate surface area is 89.2 Å². The molecule has 0 aromatic rings. The third-order valence-corrected chi connectivity index (χ3v) is 2.28. The summed E-state index contributed by atoms with van der Waals surface area (Å²) in [7, 11) is 0. The van der Waals surface area contributed by atoms with Gasteiger partial charge in [-0.15, -0.1) is 0 Å². The Morgan fingerprint density at radius 3 is 2.60 bits per heavy atom. The molecule has 1 aliphatic rings. The Bertz CT molecular complexity index is 280. The molecule has 0 fully saturated rings. The van der Waals surface area contributed by atoms with Gasteiger partial charge in [0.25, 0.3) is 0 Å². The van der Waals surface area contributed by atoms with E-state index in [0.29, 0.717) is 25.2 Å². The molecule has 1 rings (SSSR count). The summed E-state index contributed by atoms with van der Waals surface area (Å²) in [5.41, 5.74) is 0.454. The van der Waals surface area contributed by atoms with E-state index in [9.17, 15) is 9.59 Å². The van der Waals surface area contributed by atoms with E-state index in [1.807, 2.05) is 0 Å². The molecule has 0 heterocycles. The molecule has 15 heavy (non-hydrogen) atoms. The van der Waals surface area contributed by atoms with E-state index < -0.39 is 11.9 Å². The van der Waals surface area contributed by atoms with E-state index in [1.54, 1.807) is 19.9 Å². The quantitative estimate of drug-likeness (QED) is 0.662. The van der Waals surface area contributed by atoms with E-state index >= 15 is 0 Å². The van der Waals surface area contributed by atoms with Crippen molar-refractivity contribution in [1.82, 2.24) is 0 Å². The number of esters is 2. The average Bonchev–Trinajstić information content (AvgIpc) is 2.66. The lowest BCUT2D eigenvalue weighted by molar-refractivity contribution is -0.149. The first-order valence-corrected chi connectivity index (χ1v) is 5.24. The zero-order valence-electron chi connectivity index (χ0n) is 9.12. The second-order valence-electron chi connectivity index (χ2n) is 3.26. The van der Waals surface area contributed by atoms with Crippen LogP contribution in [0.1, 0.15) is 26.7 Å². The average molecular weight is 212 g/mol. The zero-order chi connectivity index (χ0) is 11.3. The SMILES string of the molecule is CCOC(=O)C1=CCC[C@H]1C(=O)OCC. The molecule has 0 unspecified atom stereocenters. The molecule has 0 radical (unpaired) electrons.